The van der Waals surface area contributed by atoms with Gasteiger partial charge in [0.05, 0.1) is 5.56 Å². The molecule has 3 rings (SSSR count). The van der Waals surface area contributed by atoms with Gasteiger partial charge in [0.25, 0.3) is 5.91 Å². The Hall–Kier alpha value is -2.44. The molecule has 2 aromatic heterocycles. The maximum Gasteiger partial charge on any atom is 0.329 e. The molecule has 0 aliphatic heterocycles. The van der Waals surface area contributed by atoms with Crippen LogP contribution in [0.25, 0.3) is 5.65 Å². The average molecular weight is 316 g/mol. The summed E-state index contributed by atoms with van der Waals surface area (Å²) in [5, 5.41) is 20.3. The minimum Gasteiger partial charge on any atom is -0.480 e. The highest BCUT2D eigenvalue weighted by molar-refractivity contribution is 5.97. The zero-order valence-corrected chi connectivity index (χ0v) is 13.2. The fourth-order valence-corrected chi connectivity index (χ4v) is 3.08. The van der Waals surface area contributed by atoms with Crippen LogP contribution < -0.4 is 5.32 Å². The van der Waals surface area contributed by atoms with Gasteiger partial charge in [0.15, 0.2) is 5.65 Å². The van der Waals surface area contributed by atoms with Crippen LogP contribution in [0.3, 0.4) is 0 Å². The number of aromatic nitrogens is 3. The van der Waals surface area contributed by atoms with Crippen molar-refractivity contribution in [1.29, 1.82) is 0 Å². The summed E-state index contributed by atoms with van der Waals surface area (Å²) >= 11 is 0. The van der Waals surface area contributed by atoms with Gasteiger partial charge >= 0.3 is 5.97 Å². The molecule has 1 aliphatic rings. The highest BCUT2D eigenvalue weighted by atomic mass is 16.4. The molecule has 1 fully saturated rings. The van der Waals surface area contributed by atoms with Crippen LogP contribution in [-0.4, -0.2) is 37.1 Å². The fourth-order valence-electron chi connectivity index (χ4n) is 3.08. The first kappa shape index (κ1) is 15.5. The molecule has 0 atom stereocenters. The van der Waals surface area contributed by atoms with Crippen molar-refractivity contribution in [1.82, 2.24) is 19.9 Å². The molecule has 0 unspecified atom stereocenters. The first-order chi connectivity index (χ1) is 10.9. The Balaban J connectivity index is 1.86. The number of hydrogen-bond acceptors (Lipinski definition) is 4. The van der Waals surface area contributed by atoms with Crippen LogP contribution in [0.15, 0.2) is 18.3 Å². The van der Waals surface area contributed by atoms with Crippen molar-refractivity contribution < 1.29 is 14.7 Å². The number of carboxylic acids is 1. The molecule has 23 heavy (non-hydrogen) atoms. The van der Waals surface area contributed by atoms with Crippen molar-refractivity contribution >= 4 is 17.5 Å². The lowest BCUT2D eigenvalue weighted by Crippen LogP contribution is -2.56. The van der Waals surface area contributed by atoms with Gasteiger partial charge in [-0.15, -0.1) is 10.2 Å². The highest BCUT2D eigenvalue weighted by Crippen LogP contribution is 2.32. The smallest absolute Gasteiger partial charge is 0.329 e. The molecule has 7 nitrogen and oxygen atoms in total. The summed E-state index contributed by atoms with van der Waals surface area (Å²) < 4.78 is 1.71. The van der Waals surface area contributed by atoms with Crippen LogP contribution in [0.1, 0.15) is 48.8 Å². The van der Waals surface area contributed by atoms with Gasteiger partial charge in [0, 0.05) is 6.20 Å². The van der Waals surface area contributed by atoms with E-state index in [4.69, 9.17) is 0 Å². The minimum absolute atomic E-state index is 0.378. The molecule has 2 aromatic rings. The van der Waals surface area contributed by atoms with Crippen LogP contribution >= 0.6 is 0 Å². The third-order valence-corrected chi connectivity index (χ3v) is 4.72. The summed E-state index contributed by atoms with van der Waals surface area (Å²) in [6.45, 7) is 3.90. The van der Waals surface area contributed by atoms with Crippen LogP contribution in [-0.2, 0) is 4.79 Å². The molecule has 0 saturated heterocycles. The number of carbonyl (C=O) groups is 2. The minimum atomic E-state index is -1.17. The number of carbonyl (C=O) groups excluding carboxylic acids is 1. The molecule has 2 N–H and O–H groups in total. The number of fused-ring (bicyclic) bond motifs is 1. The van der Waals surface area contributed by atoms with E-state index in [9.17, 15) is 14.7 Å². The maximum absolute atomic E-state index is 12.6. The zero-order chi connectivity index (χ0) is 16.6. The first-order valence-corrected chi connectivity index (χ1v) is 7.78. The third-order valence-electron chi connectivity index (χ3n) is 4.72. The van der Waals surface area contributed by atoms with Crippen molar-refractivity contribution in [2.75, 3.05) is 0 Å². The molecule has 1 amide bonds. The largest absolute Gasteiger partial charge is 0.480 e. The van der Waals surface area contributed by atoms with Gasteiger partial charge in [-0.2, -0.15) is 0 Å². The number of aliphatic carboxylic acids is 1. The Morgan fingerprint density at radius 1 is 1.30 bits per heavy atom. The Bertz CT molecular complexity index is 760. The van der Waals surface area contributed by atoms with E-state index in [1.165, 1.54) is 0 Å². The van der Waals surface area contributed by atoms with Gasteiger partial charge < -0.3 is 10.4 Å². The molecule has 1 aliphatic carbocycles. The van der Waals surface area contributed by atoms with Gasteiger partial charge in [-0.1, -0.05) is 6.92 Å². The summed E-state index contributed by atoms with van der Waals surface area (Å²) in [6, 6.07) is 3.34. The van der Waals surface area contributed by atoms with E-state index in [2.05, 4.69) is 22.4 Å². The predicted molar refractivity (Wildman–Crippen MR) is 83.2 cm³/mol. The quantitative estimate of drug-likeness (QED) is 0.900. The lowest BCUT2D eigenvalue weighted by molar-refractivity contribution is -0.146. The van der Waals surface area contributed by atoms with Gasteiger partial charge in [-0.3, -0.25) is 9.20 Å². The second-order valence-electron chi connectivity index (χ2n) is 6.42. The standard InChI is InChI=1S/C16H20N4O3/c1-10-5-7-16(8-6-10,15(22)23)17-14(21)12-3-4-13-19-18-11(2)20(13)9-12/h3-4,9-10H,5-8H2,1-2H3,(H,17,21)(H,22,23). The SMILES string of the molecule is Cc1nnc2ccc(C(=O)NC3(C(=O)O)CCC(C)CC3)cn12. The van der Waals surface area contributed by atoms with Crippen molar-refractivity contribution in [3.63, 3.8) is 0 Å². The van der Waals surface area contributed by atoms with Crippen LogP contribution in [0.5, 0.6) is 0 Å². The number of aryl methyl sites for hydroxylation is 1. The number of nitrogens with zero attached hydrogens (tertiary/aromatic N) is 3. The molecule has 0 radical (unpaired) electrons. The van der Waals surface area contributed by atoms with E-state index in [1.807, 2.05) is 0 Å². The number of carboxylic acid groups (broad SMARTS) is 1. The van der Waals surface area contributed by atoms with E-state index in [-0.39, 0.29) is 5.91 Å². The molecule has 0 spiro atoms. The molecule has 1 saturated carbocycles. The number of amides is 1. The summed E-state index contributed by atoms with van der Waals surface area (Å²) in [7, 11) is 0. The number of hydrogen-bond donors (Lipinski definition) is 2. The number of rotatable bonds is 3. The zero-order valence-electron chi connectivity index (χ0n) is 13.2. The van der Waals surface area contributed by atoms with Gasteiger partial charge in [-0.25, -0.2) is 4.79 Å². The van der Waals surface area contributed by atoms with Crippen molar-refractivity contribution in [2.45, 2.75) is 45.1 Å². The number of pyridine rings is 1. The number of nitrogens with one attached hydrogen (secondary N) is 1. The topological polar surface area (TPSA) is 96.6 Å². The van der Waals surface area contributed by atoms with Crippen LogP contribution in [0.2, 0.25) is 0 Å². The van der Waals surface area contributed by atoms with E-state index >= 15 is 0 Å². The normalized spacial score (nSPS) is 24.5. The first-order valence-electron chi connectivity index (χ1n) is 7.78. The summed E-state index contributed by atoms with van der Waals surface area (Å²) in [4.78, 5) is 24.3. The molecule has 0 aromatic carbocycles. The lowest BCUT2D eigenvalue weighted by Gasteiger charge is -2.36. The van der Waals surface area contributed by atoms with Crippen molar-refractivity contribution in [3.8, 4) is 0 Å². The molecule has 7 heteroatoms. The van der Waals surface area contributed by atoms with Crippen molar-refractivity contribution in [2.24, 2.45) is 5.92 Å². The Labute approximate surface area is 133 Å². The van der Waals surface area contributed by atoms with E-state index in [1.54, 1.807) is 29.7 Å². The Morgan fingerprint density at radius 3 is 2.65 bits per heavy atom. The van der Waals surface area contributed by atoms with Crippen molar-refractivity contribution in [3.05, 3.63) is 29.7 Å². The fraction of sp³-hybridized carbons (Fsp3) is 0.500. The molecule has 0 bridgehead atoms. The van der Waals surface area contributed by atoms with Gasteiger partial charge in [0.1, 0.15) is 11.4 Å². The molecular weight excluding hydrogens is 296 g/mol. The molecular formula is C16H20N4O3. The monoisotopic (exact) mass is 316 g/mol. The van der Waals surface area contributed by atoms with E-state index < -0.39 is 11.5 Å². The second-order valence-corrected chi connectivity index (χ2v) is 6.42. The maximum atomic E-state index is 12.6. The van der Waals surface area contributed by atoms with Crippen LogP contribution in [0, 0.1) is 12.8 Å². The summed E-state index contributed by atoms with van der Waals surface area (Å²) in [5.41, 5.74) is -0.112. The molecule has 2 heterocycles. The third kappa shape index (κ3) is 2.78. The van der Waals surface area contributed by atoms with E-state index in [0.717, 1.165) is 12.8 Å². The second kappa shape index (κ2) is 5.64. The average Bonchev–Trinajstić information content (AvgIpc) is 2.90. The predicted octanol–water partition coefficient (Wildman–Crippen LogP) is 1.80. The summed E-state index contributed by atoms with van der Waals surface area (Å²) in [6.07, 6.45) is 4.17. The Kier molecular flexibility index (Phi) is 3.79. The highest BCUT2D eigenvalue weighted by Gasteiger charge is 2.42. The van der Waals surface area contributed by atoms with E-state index in [0.29, 0.717) is 35.8 Å². The van der Waals surface area contributed by atoms with Gasteiger partial charge in [-0.05, 0) is 50.7 Å². The Morgan fingerprint density at radius 2 is 2.00 bits per heavy atom. The molecule has 122 valence electrons. The lowest BCUT2D eigenvalue weighted by atomic mass is 9.77. The van der Waals surface area contributed by atoms with Crippen LogP contribution in [0.4, 0.5) is 0 Å². The summed E-state index contributed by atoms with van der Waals surface area (Å²) in [5.74, 6) is -0.166. The van der Waals surface area contributed by atoms with Gasteiger partial charge in [0.2, 0.25) is 0 Å².